The van der Waals surface area contributed by atoms with Crippen molar-refractivity contribution in [2.24, 2.45) is 5.73 Å². The van der Waals surface area contributed by atoms with Crippen molar-refractivity contribution in [2.75, 3.05) is 41.0 Å². The molecule has 0 aromatic carbocycles. The Kier molecular flexibility index (Phi) is 29.5. The van der Waals surface area contributed by atoms with E-state index < -0.39 is 61.4 Å². The van der Waals surface area contributed by atoms with Crippen LogP contribution in [0, 0.1) is 0 Å². The van der Waals surface area contributed by atoms with Crippen molar-refractivity contribution in [2.45, 2.75) is 83.1 Å². The minimum absolute atomic E-state index is 0. The van der Waals surface area contributed by atoms with Gasteiger partial charge in [-0.15, -0.1) is 0 Å². The molecule has 0 saturated heterocycles. The van der Waals surface area contributed by atoms with Crippen molar-refractivity contribution < 1.29 is 73.7 Å². The number of hydrogen-bond donors (Lipinski definition) is 5. The van der Waals surface area contributed by atoms with Crippen LogP contribution in [0.25, 0.3) is 0 Å². The Morgan fingerprint density at radius 3 is 1.78 bits per heavy atom. The minimum atomic E-state index is -4.42. The summed E-state index contributed by atoms with van der Waals surface area (Å²) in [5, 5.41) is 3.21. The maximum absolute atomic E-state index is 12.1. The van der Waals surface area contributed by atoms with Crippen molar-refractivity contribution >= 4 is 60.6 Å². The molecule has 0 fully saturated rings. The van der Waals surface area contributed by atoms with Crippen molar-refractivity contribution in [3.8, 4) is 0 Å². The Bertz CT molecular complexity index is 944. The summed E-state index contributed by atoms with van der Waals surface area (Å²) in [7, 11) is -10.9. The maximum atomic E-state index is 12.1. The highest BCUT2D eigenvalue weighted by molar-refractivity contribution is 7.17. The Hall–Kier alpha value is -1.28. The van der Waals surface area contributed by atoms with Gasteiger partial charge in [0.05, 0.1) is 5.76 Å². The average Bonchev–Trinajstić information content (AvgIpc) is 2.97. The number of hydrogen-bond acceptors (Lipinski definition) is 14. The Labute approximate surface area is 293 Å². The molecule has 0 aromatic heterocycles. The van der Waals surface area contributed by atoms with Crippen LogP contribution in [0.1, 0.15) is 32.6 Å². The second kappa shape index (κ2) is 26.5. The highest BCUT2D eigenvalue weighted by Gasteiger charge is 2.47. The fraction of sp³-hybridized carbons (Fsp3) is 0.731. The van der Waals surface area contributed by atoms with E-state index in [-0.39, 0.29) is 17.9 Å². The predicted molar refractivity (Wildman–Crippen MR) is 191 cm³/mol. The predicted octanol–water partition coefficient (Wildman–Crippen LogP) is 1.83. The number of allylic oxidation sites excluding steroid dienone is 1. The summed E-state index contributed by atoms with van der Waals surface area (Å²) in [6.45, 7) is 16.2. The van der Waals surface area contributed by atoms with Crippen molar-refractivity contribution in [1.29, 1.82) is 0 Å². The lowest BCUT2D eigenvalue weighted by molar-refractivity contribution is -0.139. The molecule has 0 aliphatic heterocycles. The quantitative estimate of drug-likeness (QED) is 0.0326. The third kappa shape index (κ3) is 31.2. The summed E-state index contributed by atoms with van der Waals surface area (Å²) in [4.78, 5) is 61.7. The average molecular weight is 805 g/mol. The maximum Gasteiger partial charge on any atom is 0.508 e. The standard InChI is InChI=1S/C10H16O4Si.C8H19F3O5Si3.C8H22N2O3Si.H2O/c1-9(2)14-10(13)5-4-6-15(3,7-11)8-12;1-5-19(14,15-17(2,3)12)16-18(4,13)7-6-8(9,10)11;1-11-14(12-2,13-3)8-4-6-10-7-5-9;/h7-8H,1,4-6H2,2-3H3;5,12-14H,1,6-7H2,2-4H3;10H,4-9H2,1-3H3;1H2. The van der Waals surface area contributed by atoms with Crippen molar-refractivity contribution in [3.05, 3.63) is 24.6 Å². The van der Waals surface area contributed by atoms with E-state index in [0.29, 0.717) is 24.8 Å². The molecule has 15 nitrogen and oxygen atoms in total. The zero-order valence-electron chi connectivity index (χ0n) is 29.9. The number of alkyl halides is 3. The molecule has 2 atom stereocenters. The van der Waals surface area contributed by atoms with Gasteiger partial charge in [0.1, 0.15) is 11.8 Å². The van der Waals surface area contributed by atoms with Crippen LogP contribution in [0.2, 0.25) is 44.3 Å². The van der Waals surface area contributed by atoms with Gasteiger partial charge in [0, 0.05) is 53.3 Å². The molecule has 292 valence electrons. The fourth-order valence-electron chi connectivity index (χ4n) is 3.42. The summed E-state index contributed by atoms with van der Waals surface area (Å²) in [6.07, 6.45) is -3.93. The molecule has 0 aliphatic carbocycles. The van der Waals surface area contributed by atoms with Gasteiger partial charge in [-0.1, -0.05) is 19.7 Å². The van der Waals surface area contributed by atoms with Gasteiger partial charge in [-0.2, -0.15) is 13.2 Å². The fourth-order valence-corrected chi connectivity index (χ4v) is 14.1. The Balaban J connectivity index is -0.000000311. The van der Waals surface area contributed by atoms with Crippen LogP contribution in [0.15, 0.2) is 24.6 Å². The second-order valence-corrected chi connectivity index (χ2v) is 27.6. The van der Waals surface area contributed by atoms with Crippen LogP contribution in [0.4, 0.5) is 13.2 Å². The van der Waals surface area contributed by atoms with E-state index in [0.717, 1.165) is 49.6 Å². The second-order valence-electron chi connectivity index (χ2n) is 11.5. The lowest BCUT2D eigenvalue weighted by atomic mass is 10.3. The lowest BCUT2D eigenvalue weighted by Crippen LogP contribution is -2.56. The Morgan fingerprint density at radius 1 is 0.898 bits per heavy atom. The number of ether oxygens (including phenoxy) is 1. The van der Waals surface area contributed by atoms with Crippen LogP contribution >= 0.6 is 0 Å². The van der Waals surface area contributed by atoms with Crippen molar-refractivity contribution in [3.63, 3.8) is 0 Å². The zero-order chi connectivity index (χ0) is 38.3. The van der Waals surface area contributed by atoms with E-state index in [1.165, 1.54) is 13.1 Å². The van der Waals surface area contributed by atoms with Gasteiger partial charge in [-0.05, 0) is 63.7 Å². The molecule has 0 bridgehead atoms. The minimum Gasteiger partial charge on any atom is -0.432 e. The summed E-state index contributed by atoms with van der Waals surface area (Å²) in [5.74, 6) is 1.47. The molecule has 0 aromatic rings. The van der Waals surface area contributed by atoms with Gasteiger partial charge < -0.3 is 66.7 Å². The highest BCUT2D eigenvalue weighted by Crippen LogP contribution is 2.27. The molecular weight excluding hydrogens is 746 g/mol. The van der Waals surface area contributed by atoms with Gasteiger partial charge in [0.15, 0.2) is 8.07 Å². The van der Waals surface area contributed by atoms with E-state index >= 15 is 0 Å². The number of nitrogens with one attached hydrogen (secondary N) is 1. The van der Waals surface area contributed by atoms with E-state index in [1.54, 1.807) is 34.8 Å². The molecule has 0 rings (SSSR count). The normalized spacial score (nSPS) is 14.3. The first-order chi connectivity index (χ1) is 21.9. The first-order valence-corrected chi connectivity index (χ1v) is 27.0. The summed E-state index contributed by atoms with van der Waals surface area (Å²) < 4.78 is 66.8. The number of esters is 1. The molecule has 0 aliphatic rings. The first kappa shape index (κ1) is 54.5. The third-order valence-corrected chi connectivity index (χ3v) is 19.0. The van der Waals surface area contributed by atoms with Gasteiger partial charge >= 0.3 is 46.9 Å². The Morgan fingerprint density at radius 2 is 1.41 bits per heavy atom. The molecule has 0 spiro atoms. The monoisotopic (exact) mass is 804 g/mol. The summed E-state index contributed by atoms with van der Waals surface area (Å²) >= 11 is 0. The van der Waals surface area contributed by atoms with Crippen LogP contribution < -0.4 is 11.1 Å². The molecule has 0 amide bonds. The number of carbonyl (C=O) groups excluding carboxylic acids is 3. The van der Waals surface area contributed by atoms with Crippen LogP contribution in [-0.4, -0.2) is 128 Å². The van der Waals surface area contributed by atoms with Crippen molar-refractivity contribution in [1.82, 2.24) is 5.32 Å². The molecule has 0 heterocycles. The van der Waals surface area contributed by atoms with E-state index in [2.05, 4.69) is 18.5 Å². The van der Waals surface area contributed by atoms with Gasteiger partial charge in [0.2, 0.25) is 0 Å². The third-order valence-electron chi connectivity index (χ3n) is 5.91. The first-order valence-electron chi connectivity index (χ1n) is 15.0. The molecule has 8 N–H and O–H groups in total. The molecule has 49 heavy (non-hydrogen) atoms. The molecule has 0 radical (unpaired) electrons. The SMILES string of the molecule is C=C(C)OC(=O)CCC[Si](C)(C=O)C=O.C=C[Si](O)(O[Si](C)(C)O)O[Si](C)(O)CCC(F)(F)F.CO[Si](CCCNCCN)(OC)OC.O. The van der Waals surface area contributed by atoms with Gasteiger partial charge in [0.25, 0.3) is 0 Å². The number of nitrogens with two attached hydrogens (primary N) is 1. The molecule has 2 unspecified atom stereocenters. The van der Waals surface area contributed by atoms with E-state index in [4.69, 9.17) is 32.0 Å². The van der Waals surface area contributed by atoms with Crippen LogP contribution in [0.5, 0.6) is 0 Å². The lowest BCUT2D eigenvalue weighted by Gasteiger charge is -2.33. The topological polar surface area (TPSA) is 237 Å². The number of halogens is 3. The smallest absolute Gasteiger partial charge is 0.432 e. The molecule has 23 heteroatoms. The molecule has 0 saturated carbocycles. The largest absolute Gasteiger partial charge is 0.508 e. The van der Waals surface area contributed by atoms with Crippen LogP contribution in [0.3, 0.4) is 0 Å². The number of carbonyl (C=O) groups is 3. The van der Waals surface area contributed by atoms with Crippen LogP contribution in [-0.2, 0) is 40.6 Å². The highest BCUT2D eigenvalue weighted by atomic mass is 28.5. The van der Waals surface area contributed by atoms with Gasteiger partial charge in [-0.25, -0.2) is 0 Å². The van der Waals surface area contributed by atoms with E-state index in [1.807, 2.05) is 0 Å². The van der Waals surface area contributed by atoms with Gasteiger partial charge in [-0.3, -0.25) is 4.79 Å². The van der Waals surface area contributed by atoms with E-state index in [9.17, 15) is 41.9 Å². The number of rotatable bonds is 23. The zero-order valence-corrected chi connectivity index (χ0v) is 34.9. The summed E-state index contributed by atoms with van der Waals surface area (Å²) in [6, 6.07) is 0.690. The summed E-state index contributed by atoms with van der Waals surface area (Å²) in [5.41, 5.74) is 6.26. The molecular formula is C26H59F3N2O13Si5.